The summed E-state index contributed by atoms with van der Waals surface area (Å²) in [5, 5.41) is 1.04. The maximum atomic E-state index is 12.4. The standard InChI is InChI=1S/C17H19Cl2N3O2/c18-11-8-13-14(9-12(11)19)21-16(20-13)10-3-5-22(6-4-10)17(23)15-2-1-7-24-15/h8-10,15H,1-7H2,(H,20,21). The number of aromatic nitrogens is 2. The number of carbonyl (C=O) groups is 1. The largest absolute Gasteiger partial charge is 0.368 e. The first kappa shape index (κ1) is 16.2. The Hall–Kier alpha value is -1.30. The molecule has 1 amide bonds. The fourth-order valence-electron chi connectivity index (χ4n) is 3.57. The molecule has 0 bridgehead atoms. The average molecular weight is 368 g/mol. The zero-order valence-corrected chi connectivity index (χ0v) is 14.7. The molecule has 1 aromatic heterocycles. The third-order valence-corrected chi connectivity index (χ3v) is 5.66. The van der Waals surface area contributed by atoms with Crippen molar-refractivity contribution in [1.82, 2.24) is 14.9 Å². The molecule has 128 valence electrons. The first-order valence-corrected chi connectivity index (χ1v) is 9.12. The highest BCUT2D eigenvalue weighted by molar-refractivity contribution is 6.42. The number of rotatable bonds is 2. The number of carbonyl (C=O) groups excluding carboxylic acids is 1. The molecular weight excluding hydrogens is 349 g/mol. The first-order valence-electron chi connectivity index (χ1n) is 8.37. The molecule has 1 unspecified atom stereocenters. The van der Waals surface area contributed by atoms with Crippen molar-refractivity contribution in [1.29, 1.82) is 0 Å². The molecule has 2 aromatic rings. The van der Waals surface area contributed by atoms with Gasteiger partial charge in [-0.3, -0.25) is 4.79 Å². The lowest BCUT2D eigenvalue weighted by atomic mass is 9.95. The Labute approximate surface area is 150 Å². The smallest absolute Gasteiger partial charge is 0.251 e. The number of hydrogen-bond acceptors (Lipinski definition) is 3. The second-order valence-corrected chi connectivity index (χ2v) is 7.32. The van der Waals surface area contributed by atoms with Gasteiger partial charge in [0.2, 0.25) is 0 Å². The van der Waals surface area contributed by atoms with Gasteiger partial charge >= 0.3 is 0 Å². The predicted molar refractivity (Wildman–Crippen MR) is 93.6 cm³/mol. The molecule has 2 fully saturated rings. The van der Waals surface area contributed by atoms with Gasteiger partial charge in [-0.1, -0.05) is 23.2 Å². The predicted octanol–water partition coefficient (Wildman–Crippen LogP) is 3.75. The van der Waals surface area contributed by atoms with Crippen molar-refractivity contribution in [2.45, 2.75) is 37.7 Å². The highest BCUT2D eigenvalue weighted by Gasteiger charge is 2.31. The van der Waals surface area contributed by atoms with Crippen molar-refractivity contribution in [2.75, 3.05) is 19.7 Å². The summed E-state index contributed by atoms with van der Waals surface area (Å²) >= 11 is 12.1. The minimum Gasteiger partial charge on any atom is -0.368 e. The summed E-state index contributed by atoms with van der Waals surface area (Å²) < 4.78 is 5.51. The van der Waals surface area contributed by atoms with Crippen molar-refractivity contribution in [2.24, 2.45) is 0 Å². The van der Waals surface area contributed by atoms with E-state index in [9.17, 15) is 4.79 Å². The van der Waals surface area contributed by atoms with Crippen LogP contribution in [0.3, 0.4) is 0 Å². The van der Waals surface area contributed by atoms with Gasteiger partial charge in [-0.15, -0.1) is 0 Å². The minimum absolute atomic E-state index is 0.147. The summed E-state index contributed by atoms with van der Waals surface area (Å²) in [6.45, 7) is 2.21. The van der Waals surface area contributed by atoms with Gasteiger partial charge in [-0.05, 0) is 37.8 Å². The second-order valence-electron chi connectivity index (χ2n) is 6.51. The molecule has 5 nitrogen and oxygen atoms in total. The van der Waals surface area contributed by atoms with Crippen molar-refractivity contribution in [3.8, 4) is 0 Å². The zero-order valence-electron chi connectivity index (χ0n) is 13.2. The van der Waals surface area contributed by atoms with Crippen LogP contribution in [0.25, 0.3) is 11.0 Å². The van der Waals surface area contributed by atoms with E-state index in [1.165, 1.54) is 0 Å². The molecule has 3 heterocycles. The van der Waals surface area contributed by atoms with Crippen LogP contribution in [0.5, 0.6) is 0 Å². The fourth-order valence-corrected chi connectivity index (χ4v) is 3.89. The molecule has 7 heteroatoms. The third kappa shape index (κ3) is 3.01. The minimum atomic E-state index is -0.225. The lowest BCUT2D eigenvalue weighted by molar-refractivity contribution is -0.142. The SMILES string of the molecule is O=C(C1CCCO1)N1CCC(c2nc3cc(Cl)c(Cl)cc3[nH]2)CC1. The molecule has 0 spiro atoms. The Morgan fingerprint density at radius 3 is 2.67 bits per heavy atom. The number of nitrogens with zero attached hydrogens (tertiary/aromatic N) is 2. The number of amides is 1. The molecular formula is C17H19Cl2N3O2. The van der Waals surface area contributed by atoms with Crippen LogP contribution in [-0.4, -0.2) is 46.6 Å². The molecule has 0 radical (unpaired) electrons. The monoisotopic (exact) mass is 367 g/mol. The number of ether oxygens (including phenoxy) is 1. The van der Waals surface area contributed by atoms with Gasteiger partial charge in [-0.25, -0.2) is 4.98 Å². The Bertz CT molecular complexity index is 724. The maximum absolute atomic E-state index is 12.4. The number of benzene rings is 1. The van der Waals surface area contributed by atoms with Gasteiger partial charge in [0.1, 0.15) is 11.9 Å². The molecule has 1 N–H and O–H groups in total. The summed E-state index contributed by atoms with van der Waals surface area (Å²) in [6, 6.07) is 3.60. The summed E-state index contributed by atoms with van der Waals surface area (Å²) in [7, 11) is 0. The number of imidazole rings is 1. The molecule has 0 saturated carbocycles. The quantitative estimate of drug-likeness (QED) is 0.878. The molecule has 1 aromatic carbocycles. The normalized spacial score (nSPS) is 22.4. The van der Waals surface area contributed by atoms with Crippen LogP contribution in [-0.2, 0) is 9.53 Å². The number of H-pyrrole nitrogens is 1. The number of nitrogens with one attached hydrogen (secondary N) is 1. The average Bonchev–Trinajstić information content (AvgIpc) is 3.24. The molecule has 24 heavy (non-hydrogen) atoms. The molecule has 2 aliphatic heterocycles. The van der Waals surface area contributed by atoms with E-state index in [0.717, 1.165) is 55.6 Å². The Morgan fingerprint density at radius 1 is 1.21 bits per heavy atom. The summed E-state index contributed by atoms with van der Waals surface area (Å²) in [5.41, 5.74) is 1.73. The molecule has 1 atom stereocenters. The van der Waals surface area contributed by atoms with Crippen molar-refractivity contribution >= 4 is 40.1 Å². The Kier molecular flexibility index (Phi) is 4.41. The van der Waals surface area contributed by atoms with Crippen LogP contribution in [0.4, 0.5) is 0 Å². The molecule has 2 aliphatic rings. The number of likely N-dealkylation sites (tertiary alicyclic amines) is 1. The van der Waals surface area contributed by atoms with E-state index < -0.39 is 0 Å². The van der Waals surface area contributed by atoms with Crippen LogP contribution < -0.4 is 0 Å². The van der Waals surface area contributed by atoms with Crippen LogP contribution >= 0.6 is 23.2 Å². The summed E-state index contributed by atoms with van der Waals surface area (Å²) in [6.07, 6.45) is 3.41. The van der Waals surface area contributed by atoms with Gasteiger partial charge in [-0.2, -0.15) is 0 Å². The van der Waals surface area contributed by atoms with Crippen LogP contribution in [0.15, 0.2) is 12.1 Å². The van der Waals surface area contributed by atoms with Crippen LogP contribution in [0.1, 0.15) is 37.4 Å². The van der Waals surface area contributed by atoms with Crippen molar-refractivity contribution < 1.29 is 9.53 Å². The second kappa shape index (κ2) is 6.54. The Balaban J connectivity index is 1.44. The van der Waals surface area contributed by atoms with Crippen LogP contribution in [0, 0.1) is 0 Å². The van der Waals surface area contributed by atoms with E-state index in [-0.39, 0.29) is 12.0 Å². The van der Waals surface area contributed by atoms with Gasteiger partial charge < -0.3 is 14.6 Å². The lowest BCUT2D eigenvalue weighted by Gasteiger charge is -2.32. The van der Waals surface area contributed by atoms with Crippen molar-refractivity contribution in [3.63, 3.8) is 0 Å². The number of halogens is 2. The first-order chi connectivity index (χ1) is 11.6. The van der Waals surface area contributed by atoms with Gasteiger partial charge in [0.15, 0.2) is 0 Å². The topological polar surface area (TPSA) is 58.2 Å². The van der Waals surface area contributed by atoms with Gasteiger partial charge in [0.05, 0.1) is 21.1 Å². The number of piperidine rings is 1. The molecule has 0 aliphatic carbocycles. The van der Waals surface area contributed by atoms with Crippen molar-refractivity contribution in [3.05, 3.63) is 28.0 Å². The number of hydrogen-bond donors (Lipinski definition) is 1. The highest BCUT2D eigenvalue weighted by Crippen LogP contribution is 2.31. The van der Waals surface area contributed by atoms with Gasteiger partial charge in [0, 0.05) is 25.6 Å². The van der Waals surface area contributed by atoms with E-state index in [1.54, 1.807) is 6.07 Å². The van der Waals surface area contributed by atoms with Gasteiger partial charge in [0.25, 0.3) is 5.91 Å². The molecule has 4 rings (SSSR count). The highest BCUT2D eigenvalue weighted by atomic mass is 35.5. The maximum Gasteiger partial charge on any atom is 0.251 e. The fraction of sp³-hybridized carbons (Fsp3) is 0.529. The lowest BCUT2D eigenvalue weighted by Crippen LogP contribution is -2.43. The van der Waals surface area contributed by atoms with E-state index in [2.05, 4.69) is 9.97 Å². The summed E-state index contributed by atoms with van der Waals surface area (Å²) in [4.78, 5) is 22.4. The number of fused-ring (bicyclic) bond motifs is 1. The Morgan fingerprint density at radius 2 is 1.96 bits per heavy atom. The van der Waals surface area contributed by atoms with Crippen LogP contribution in [0.2, 0.25) is 10.0 Å². The van der Waals surface area contributed by atoms with E-state index in [1.807, 2.05) is 11.0 Å². The van der Waals surface area contributed by atoms with E-state index >= 15 is 0 Å². The zero-order chi connectivity index (χ0) is 16.7. The van der Waals surface area contributed by atoms with E-state index in [4.69, 9.17) is 27.9 Å². The van der Waals surface area contributed by atoms with E-state index in [0.29, 0.717) is 22.6 Å². The molecule has 2 saturated heterocycles. The third-order valence-electron chi connectivity index (χ3n) is 4.94. The number of aromatic amines is 1. The summed E-state index contributed by atoms with van der Waals surface area (Å²) in [5.74, 6) is 1.42.